The second-order valence-electron chi connectivity index (χ2n) is 4.64. The topological polar surface area (TPSA) is 34.4 Å². The summed E-state index contributed by atoms with van der Waals surface area (Å²) in [5, 5.41) is 0. The first-order valence-corrected chi connectivity index (χ1v) is 6.47. The van der Waals surface area contributed by atoms with E-state index in [1.807, 2.05) is 6.92 Å². The molecule has 0 N–H and O–H groups in total. The van der Waals surface area contributed by atoms with Gasteiger partial charge in [-0.3, -0.25) is 9.20 Å². The number of thiazole rings is 1. The second-order valence-corrected chi connectivity index (χ2v) is 5.70. The summed E-state index contributed by atoms with van der Waals surface area (Å²) in [7, 11) is 0. The Morgan fingerprint density at radius 3 is 3.12 bits per heavy atom. The van der Waals surface area contributed by atoms with Crippen molar-refractivity contribution in [2.75, 3.05) is 0 Å². The molecule has 2 aromatic rings. The van der Waals surface area contributed by atoms with E-state index >= 15 is 0 Å². The number of hydrogen-bond donors (Lipinski definition) is 0. The van der Waals surface area contributed by atoms with Gasteiger partial charge in [0.05, 0.1) is 5.69 Å². The molecule has 2 heterocycles. The minimum atomic E-state index is 0.738. The molecule has 0 spiro atoms. The summed E-state index contributed by atoms with van der Waals surface area (Å²) < 4.78 is 2.06. The molecule has 3 nitrogen and oxygen atoms in total. The van der Waals surface area contributed by atoms with Crippen molar-refractivity contribution >= 4 is 22.6 Å². The van der Waals surface area contributed by atoms with Crippen LogP contribution < -0.4 is 0 Å². The fraction of sp³-hybridized carbons (Fsp3) is 0.500. The monoisotopic (exact) mass is 234 g/mol. The highest BCUT2D eigenvalue weighted by molar-refractivity contribution is 7.17. The van der Waals surface area contributed by atoms with Crippen molar-refractivity contribution in [2.24, 2.45) is 5.92 Å². The lowest BCUT2D eigenvalue weighted by Gasteiger charge is -2.17. The summed E-state index contributed by atoms with van der Waals surface area (Å²) in [6.45, 7) is 4.19. The summed E-state index contributed by atoms with van der Waals surface area (Å²) >= 11 is 1.75. The number of aldehydes is 1. The number of carbonyl (C=O) groups excluding carboxylic acids is 1. The van der Waals surface area contributed by atoms with Crippen LogP contribution in [0, 0.1) is 12.8 Å². The molecule has 1 aliphatic rings. The van der Waals surface area contributed by atoms with Gasteiger partial charge >= 0.3 is 0 Å². The lowest BCUT2D eigenvalue weighted by atomic mass is 9.93. The van der Waals surface area contributed by atoms with Crippen LogP contribution in [-0.2, 0) is 12.8 Å². The Balaban J connectivity index is 2.28. The van der Waals surface area contributed by atoms with Gasteiger partial charge in [0.15, 0.2) is 11.2 Å². The van der Waals surface area contributed by atoms with E-state index in [0.717, 1.165) is 41.4 Å². The molecule has 3 rings (SSSR count). The predicted molar refractivity (Wildman–Crippen MR) is 64.4 cm³/mol. The van der Waals surface area contributed by atoms with Crippen molar-refractivity contribution < 1.29 is 4.79 Å². The first-order valence-electron chi connectivity index (χ1n) is 5.65. The van der Waals surface area contributed by atoms with Gasteiger partial charge in [0, 0.05) is 10.6 Å². The van der Waals surface area contributed by atoms with Crippen molar-refractivity contribution in [1.29, 1.82) is 0 Å². The first-order chi connectivity index (χ1) is 7.70. The van der Waals surface area contributed by atoms with Gasteiger partial charge in [-0.2, -0.15) is 0 Å². The first kappa shape index (κ1) is 10.0. The molecule has 0 aliphatic heterocycles. The number of nitrogens with zero attached hydrogens (tertiary/aromatic N) is 2. The Kier molecular flexibility index (Phi) is 2.14. The Morgan fingerprint density at radius 1 is 1.56 bits per heavy atom. The van der Waals surface area contributed by atoms with E-state index in [4.69, 9.17) is 0 Å². The van der Waals surface area contributed by atoms with Crippen molar-refractivity contribution in [3.63, 3.8) is 0 Å². The summed E-state index contributed by atoms with van der Waals surface area (Å²) in [6.07, 6.45) is 4.36. The molecular weight excluding hydrogens is 220 g/mol. The van der Waals surface area contributed by atoms with E-state index in [2.05, 4.69) is 16.3 Å². The number of carbonyl (C=O) groups is 1. The minimum absolute atomic E-state index is 0.738. The largest absolute Gasteiger partial charge is 0.296 e. The van der Waals surface area contributed by atoms with Gasteiger partial charge in [-0.1, -0.05) is 6.92 Å². The van der Waals surface area contributed by atoms with E-state index in [9.17, 15) is 4.79 Å². The van der Waals surface area contributed by atoms with Crippen LogP contribution in [0.15, 0.2) is 0 Å². The molecular formula is C12H14N2OS. The van der Waals surface area contributed by atoms with Gasteiger partial charge < -0.3 is 0 Å². The molecule has 0 amide bonds. The lowest BCUT2D eigenvalue weighted by molar-refractivity contribution is 0.111. The second kappa shape index (κ2) is 3.42. The van der Waals surface area contributed by atoms with Gasteiger partial charge in [0.1, 0.15) is 5.69 Å². The maximum absolute atomic E-state index is 11.1. The molecule has 0 fully saturated rings. The highest BCUT2D eigenvalue weighted by Crippen LogP contribution is 2.33. The third kappa shape index (κ3) is 1.26. The molecule has 1 aliphatic carbocycles. The summed E-state index contributed by atoms with van der Waals surface area (Å²) in [5.41, 5.74) is 2.91. The number of aryl methyl sites for hydroxylation is 2. The summed E-state index contributed by atoms with van der Waals surface area (Å²) in [5.74, 6) is 0.761. The SMILES string of the molecule is Cc1nc2sc3c(n2c1C=O)CCC(C)C3. The molecule has 84 valence electrons. The van der Waals surface area contributed by atoms with E-state index in [1.165, 1.54) is 17.0 Å². The Morgan fingerprint density at radius 2 is 2.38 bits per heavy atom. The highest BCUT2D eigenvalue weighted by atomic mass is 32.1. The molecule has 2 aromatic heterocycles. The molecule has 0 radical (unpaired) electrons. The van der Waals surface area contributed by atoms with E-state index in [1.54, 1.807) is 11.3 Å². The van der Waals surface area contributed by atoms with Crippen molar-refractivity contribution in [2.45, 2.75) is 33.1 Å². The lowest BCUT2D eigenvalue weighted by Crippen LogP contribution is -2.11. The molecule has 4 heteroatoms. The van der Waals surface area contributed by atoms with Crippen molar-refractivity contribution in [3.05, 3.63) is 22.0 Å². The predicted octanol–water partition coefficient (Wildman–Crippen LogP) is 2.64. The van der Waals surface area contributed by atoms with Crippen LogP contribution in [0.4, 0.5) is 0 Å². The minimum Gasteiger partial charge on any atom is -0.296 e. The van der Waals surface area contributed by atoms with Crippen LogP contribution >= 0.6 is 11.3 Å². The van der Waals surface area contributed by atoms with Gasteiger partial charge in [-0.15, -0.1) is 11.3 Å². The van der Waals surface area contributed by atoms with Crippen LogP contribution in [0.2, 0.25) is 0 Å². The number of aromatic nitrogens is 2. The molecule has 0 saturated heterocycles. The van der Waals surface area contributed by atoms with E-state index in [0.29, 0.717) is 0 Å². The zero-order chi connectivity index (χ0) is 11.3. The Bertz CT molecular complexity index is 567. The van der Waals surface area contributed by atoms with Crippen LogP contribution in [0.1, 0.15) is 40.1 Å². The number of hydrogen-bond acceptors (Lipinski definition) is 3. The van der Waals surface area contributed by atoms with Crippen molar-refractivity contribution in [3.8, 4) is 0 Å². The average molecular weight is 234 g/mol. The molecule has 0 bridgehead atoms. The maximum atomic E-state index is 11.1. The average Bonchev–Trinajstić information content (AvgIpc) is 2.71. The number of rotatable bonds is 1. The Hall–Kier alpha value is -1.16. The molecule has 1 unspecified atom stereocenters. The van der Waals surface area contributed by atoms with Crippen molar-refractivity contribution in [1.82, 2.24) is 9.38 Å². The number of fused-ring (bicyclic) bond motifs is 3. The molecule has 0 aromatic carbocycles. The summed E-state index contributed by atoms with van der Waals surface area (Å²) in [6, 6.07) is 0. The Labute approximate surface area is 98.1 Å². The molecule has 1 atom stereocenters. The smallest absolute Gasteiger partial charge is 0.194 e. The zero-order valence-corrected chi connectivity index (χ0v) is 10.3. The quantitative estimate of drug-likeness (QED) is 0.711. The highest BCUT2D eigenvalue weighted by Gasteiger charge is 2.23. The third-order valence-corrected chi connectivity index (χ3v) is 4.50. The fourth-order valence-electron chi connectivity index (χ4n) is 2.49. The van der Waals surface area contributed by atoms with E-state index in [-0.39, 0.29) is 0 Å². The van der Waals surface area contributed by atoms with Gasteiger partial charge in [0.2, 0.25) is 0 Å². The third-order valence-electron chi connectivity index (χ3n) is 3.39. The van der Waals surface area contributed by atoms with Gasteiger partial charge in [-0.05, 0) is 32.1 Å². The molecule has 0 saturated carbocycles. The fourth-order valence-corrected chi connectivity index (χ4v) is 3.87. The number of imidazole rings is 1. The maximum Gasteiger partial charge on any atom is 0.194 e. The van der Waals surface area contributed by atoms with Crippen LogP contribution in [0.25, 0.3) is 4.96 Å². The van der Waals surface area contributed by atoms with Crippen LogP contribution in [0.3, 0.4) is 0 Å². The van der Waals surface area contributed by atoms with Crippen LogP contribution in [0.5, 0.6) is 0 Å². The summed E-state index contributed by atoms with van der Waals surface area (Å²) in [4.78, 5) is 18.0. The molecule has 16 heavy (non-hydrogen) atoms. The zero-order valence-electron chi connectivity index (χ0n) is 9.49. The van der Waals surface area contributed by atoms with Gasteiger partial charge in [-0.25, -0.2) is 4.98 Å². The van der Waals surface area contributed by atoms with Crippen LogP contribution in [-0.4, -0.2) is 15.7 Å². The normalized spacial score (nSPS) is 20.0. The van der Waals surface area contributed by atoms with E-state index < -0.39 is 0 Å². The van der Waals surface area contributed by atoms with Gasteiger partial charge in [0.25, 0.3) is 0 Å². The standard InChI is InChI=1S/C12H14N2OS/c1-7-3-4-9-11(5-7)16-12-13-8(2)10(6-15)14(9)12/h6-7H,3-5H2,1-2H3.